The van der Waals surface area contributed by atoms with E-state index in [1.54, 1.807) is 0 Å². The van der Waals surface area contributed by atoms with Crippen molar-refractivity contribution in [2.45, 2.75) is 31.5 Å². The van der Waals surface area contributed by atoms with E-state index in [1.807, 2.05) is 17.4 Å². The van der Waals surface area contributed by atoms with Crippen LogP contribution in [0.2, 0.25) is 19.6 Å². The van der Waals surface area contributed by atoms with Gasteiger partial charge >= 0.3 is 0 Å². The molecule has 0 radical (unpaired) electrons. The van der Waals surface area contributed by atoms with Crippen LogP contribution in [-0.2, 0) is 0 Å². The third-order valence-electron chi connectivity index (χ3n) is 3.80. The monoisotopic (exact) mass is 349 g/mol. The molecule has 1 nitrogen and oxygen atoms in total. The maximum atomic E-state index is 4.93. The van der Waals surface area contributed by atoms with Crippen LogP contribution in [0.1, 0.15) is 11.1 Å². The average molecular weight is 350 g/mol. The van der Waals surface area contributed by atoms with Crippen molar-refractivity contribution in [3.8, 4) is 0 Å². The Morgan fingerprint density at radius 3 is 2.33 bits per heavy atom. The van der Waals surface area contributed by atoms with Crippen molar-refractivity contribution in [3.63, 3.8) is 0 Å². The number of fused-ring (bicyclic) bond motifs is 1. The zero-order chi connectivity index (χ0) is 17.2. The summed E-state index contributed by atoms with van der Waals surface area (Å²) in [6.45, 7) is 9.26. The Balaban J connectivity index is 2.13. The summed E-state index contributed by atoms with van der Waals surface area (Å²) in [6, 6.07) is 21.3. The fourth-order valence-corrected chi connectivity index (χ4v) is 6.17. The molecule has 3 aromatic rings. The van der Waals surface area contributed by atoms with E-state index in [2.05, 4.69) is 87.2 Å². The van der Waals surface area contributed by atoms with Crippen LogP contribution in [0.3, 0.4) is 0 Å². The van der Waals surface area contributed by atoms with E-state index in [9.17, 15) is 0 Å². The lowest BCUT2D eigenvalue weighted by Crippen LogP contribution is -2.13. The normalized spacial score (nSPS) is 12.2. The van der Waals surface area contributed by atoms with Gasteiger partial charge in [-0.15, -0.1) is 11.2 Å². The van der Waals surface area contributed by atoms with Crippen molar-refractivity contribution < 1.29 is 0 Å². The molecule has 0 aliphatic heterocycles. The highest BCUT2D eigenvalue weighted by atomic mass is 32.4. The molecule has 0 unspecified atom stereocenters. The molecule has 0 saturated heterocycles. The van der Waals surface area contributed by atoms with E-state index in [0.717, 1.165) is 5.69 Å². The van der Waals surface area contributed by atoms with Gasteiger partial charge in [-0.3, -0.25) is 4.99 Å². The standard InChI is InChI=1S/C21H23NSSi/c1-16-9-5-6-11-18(16)15-22-21-19-12-8-7-10-17(19)13-14-20(21)23-24(2,3)4/h5-15H,1-4H3. The van der Waals surface area contributed by atoms with Gasteiger partial charge in [-0.25, -0.2) is 0 Å². The number of aliphatic imine (C=N–C) groups is 1. The summed E-state index contributed by atoms with van der Waals surface area (Å²) >= 11 is 2.01. The third kappa shape index (κ3) is 3.97. The van der Waals surface area contributed by atoms with Gasteiger partial charge < -0.3 is 0 Å². The highest BCUT2D eigenvalue weighted by Crippen LogP contribution is 2.40. The molecule has 0 saturated carbocycles. The molecule has 0 aliphatic rings. The number of aryl methyl sites for hydroxylation is 1. The molecule has 3 aromatic carbocycles. The van der Waals surface area contributed by atoms with Crippen LogP contribution in [0.4, 0.5) is 5.69 Å². The number of hydrogen-bond acceptors (Lipinski definition) is 2. The van der Waals surface area contributed by atoms with Crippen molar-refractivity contribution in [3.05, 3.63) is 71.8 Å². The molecular formula is C21H23NSSi. The maximum Gasteiger partial charge on any atom is 0.114 e. The number of nitrogens with zero attached hydrogens (tertiary/aromatic N) is 1. The summed E-state index contributed by atoms with van der Waals surface area (Å²) in [4.78, 5) is 6.22. The number of rotatable bonds is 4. The fraction of sp³-hybridized carbons (Fsp3) is 0.190. The molecule has 0 fully saturated rings. The van der Waals surface area contributed by atoms with Crippen molar-refractivity contribution in [1.82, 2.24) is 0 Å². The first kappa shape index (κ1) is 17.0. The van der Waals surface area contributed by atoms with Gasteiger partial charge in [0.1, 0.15) is 7.22 Å². The average Bonchev–Trinajstić information content (AvgIpc) is 2.54. The van der Waals surface area contributed by atoms with Gasteiger partial charge in [0.25, 0.3) is 0 Å². The zero-order valence-corrected chi connectivity index (χ0v) is 16.5. The SMILES string of the molecule is Cc1ccccc1C=Nc1c(S[Si](C)(C)C)ccc2ccccc12. The molecule has 0 N–H and O–H groups in total. The highest BCUT2D eigenvalue weighted by molar-refractivity contribution is 8.28. The molecule has 0 bridgehead atoms. The second kappa shape index (κ2) is 6.95. The van der Waals surface area contributed by atoms with Crippen LogP contribution in [-0.4, -0.2) is 13.4 Å². The van der Waals surface area contributed by atoms with Crippen molar-refractivity contribution in [1.29, 1.82) is 0 Å². The Morgan fingerprint density at radius 2 is 1.58 bits per heavy atom. The number of hydrogen-bond donors (Lipinski definition) is 0. The highest BCUT2D eigenvalue weighted by Gasteiger charge is 2.18. The molecule has 0 aliphatic carbocycles. The minimum Gasteiger partial charge on any atom is -0.254 e. The Kier molecular flexibility index (Phi) is 4.92. The summed E-state index contributed by atoms with van der Waals surface area (Å²) in [5.74, 6) is 0. The van der Waals surface area contributed by atoms with E-state index in [4.69, 9.17) is 4.99 Å². The minimum absolute atomic E-state index is 1.10. The predicted molar refractivity (Wildman–Crippen MR) is 112 cm³/mol. The second-order valence-corrected chi connectivity index (χ2v) is 16.1. The van der Waals surface area contributed by atoms with E-state index >= 15 is 0 Å². The quantitative estimate of drug-likeness (QED) is 0.371. The Bertz CT molecular complexity index is 894. The first-order valence-corrected chi connectivity index (χ1v) is 13.3. The number of benzene rings is 3. The topological polar surface area (TPSA) is 12.4 Å². The van der Waals surface area contributed by atoms with E-state index < -0.39 is 7.22 Å². The Morgan fingerprint density at radius 1 is 0.875 bits per heavy atom. The molecule has 0 spiro atoms. The maximum absolute atomic E-state index is 4.93. The summed E-state index contributed by atoms with van der Waals surface area (Å²) in [5, 5.41) is 2.47. The molecule has 0 aromatic heterocycles. The van der Waals surface area contributed by atoms with Crippen molar-refractivity contribution >= 4 is 41.1 Å². The van der Waals surface area contributed by atoms with E-state index in [1.165, 1.54) is 26.8 Å². The van der Waals surface area contributed by atoms with Crippen molar-refractivity contribution in [2.75, 3.05) is 0 Å². The first-order chi connectivity index (χ1) is 11.4. The van der Waals surface area contributed by atoms with E-state index in [0.29, 0.717) is 0 Å². The summed E-state index contributed by atoms with van der Waals surface area (Å²) < 4.78 is 0. The van der Waals surface area contributed by atoms with Gasteiger partial charge in [0.2, 0.25) is 0 Å². The van der Waals surface area contributed by atoms with Crippen LogP contribution < -0.4 is 0 Å². The van der Waals surface area contributed by atoms with Crippen LogP contribution in [0.25, 0.3) is 10.8 Å². The van der Waals surface area contributed by atoms with Gasteiger partial charge in [-0.1, -0.05) is 74.2 Å². The Hall–Kier alpha value is -1.84. The first-order valence-electron chi connectivity index (χ1n) is 8.24. The summed E-state index contributed by atoms with van der Waals surface area (Å²) in [7, 11) is -1.29. The molecule has 122 valence electrons. The van der Waals surface area contributed by atoms with Crippen LogP contribution >= 0.6 is 11.2 Å². The van der Waals surface area contributed by atoms with Crippen LogP contribution in [0.15, 0.2) is 70.6 Å². The molecule has 0 heterocycles. The lowest BCUT2D eigenvalue weighted by molar-refractivity contribution is 1.40. The molecule has 3 heteroatoms. The van der Waals surface area contributed by atoms with Gasteiger partial charge in [-0.05, 0) is 29.5 Å². The molecule has 24 heavy (non-hydrogen) atoms. The second-order valence-electron chi connectivity index (χ2n) is 6.96. The van der Waals surface area contributed by atoms with Gasteiger partial charge in [-0.2, -0.15) is 0 Å². The molecule has 0 atom stereocenters. The van der Waals surface area contributed by atoms with Crippen LogP contribution in [0.5, 0.6) is 0 Å². The lowest BCUT2D eigenvalue weighted by atomic mass is 10.1. The summed E-state index contributed by atoms with van der Waals surface area (Å²) in [5.41, 5.74) is 3.53. The van der Waals surface area contributed by atoms with E-state index in [-0.39, 0.29) is 0 Å². The van der Waals surface area contributed by atoms with Crippen LogP contribution in [0, 0.1) is 6.92 Å². The van der Waals surface area contributed by atoms with Crippen molar-refractivity contribution in [2.24, 2.45) is 4.99 Å². The minimum atomic E-state index is -1.29. The Labute approximate surface area is 149 Å². The molecule has 0 amide bonds. The van der Waals surface area contributed by atoms with Gasteiger partial charge in [0, 0.05) is 16.5 Å². The third-order valence-corrected chi connectivity index (χ3v) is 7.46. The zero-order valence-electron chi connectivity index (χ0n) is 14.7. The predicted octanol–water partition coefficient (Wildman–Crippen LogP) is 6.83. The fourth-order valence-electron chi connectivity index (χ4n) is 2.65. The smallest absolute Gasteiger partial charge is 0.114 e. The van der Waals surface area contributed by atoms with Gasteiger partial charge in [0.05, 0.1) is 5.69 Å². The molecule has 3 rings (SSSR count). The molecular weight excluding hydrogens is 326 g/mol. The largest absolute Gasteiger partial charge is 0.254 e. The summed E-state index contributed by atoms with van der Waals surface area (Å²) in [6.07, 6.45) is 2.01. The van der Waals surface area contributed by atoms with Gasteiger partial charge in [0.15, 0.2) is 0 Å². The lowest BCUT2D eigenvalue weighted by Gasteiger charge is -2.18.